The van der Waals surface area contributed by atoms with Crippen LogP contribution in [0.25, 0.3) is 6.08 Å². The topological polar surface area (TPSA) is 125 Å². The number of carbonyl (C=O) groups is 2. The lowest BCUT2D eigenvalue weighted by Gasteiger charge is -2.27. The first-order chi connectivity index (χ1) is 13.0. The number of amides is 1. The largest absolute Gasteiger partial charge is 0.455 e. The van der Waals surface area contributed by atoms with Gasteiger partial charge in [0.05, 0.1) is 6.07 Å². The molecule has 0 aromatic heterocycles. The van der Waals surface area contributed by atoms with Gasteiger partial charge < -0.3 is 10.1 Å². The van der Waals surface area contributed by atoms with Gasteiger partial charge in [-0.15, -0.1) is 0 Å². The SMILES string of the molecule is Cc1ccc(/C=C/S(=O)(=O)NCC(=O)OCC(=O)N[C@@](C)(C#N)C(C)C)cc1. The van der Waals surface area contributed by atoms with E-state index in [9.17, 15) is 18.0 Å². The molecule has 28 heavy (non-hydrogen) atoms. The van der Waals surface area contributed by atoms with Gasteiger partial charge in [-0.1, -0.05) is 43.7 Å². The van der Waals surface area contributed by atoms with Crippen molar-refractivity contribution < 1.29 is 22.7 Å². The molecule has 0 aliphatic carbocycles. The average Bonchev–Trinajstić information content (AvgIpc) is 2.64. The Labute approximate surface area is 165 Å². The van der Waals surface area contributed by atoms with Crippen molar-refractivity contribution in [3.63, 3.8) is 0 Å². The molecule has 9 heteroatoms. The van der Waals surface area contributed by atoms with E-state index in [2.05, 4.69) is 10.0 Å². The van der Waals surface area contributed by atoms with Gasteiger partial charge in [0.25, 0.3) is 5.91 Å². The van der Waals surface area contributed by atoms with Crippen molar-refractivity contribution in [2.75, 3.05) is 13.2 Å². The van der Waals surface area contributed by atoms with Gasteiger partial charge in [-0.25, -0.2) is 13.1 Å². The predicted molar refractivity (Wildman–Crippen MR) is 105 cm³/mol. The van der Waals surface area contributed by atoms with Gasteiger partial charge in [0.15, 0.2) is 6.61 Å². The number of nitriles is 1. The number of rotatable bonds is 9. The highest BCUT2D eigenvalue weighted by atomic mass is 32.2. The summed E-state index contributed by atoms with van der Waals surface area (Å²) in [6.45, 7) is 5.80. The highest BCUT2D eigenvalue weighted by Gasteiger charge is 2.30. The van der Waals surface area contributed by atoms with Crippen LogP contribution in [0.4, 0.5) is 0 Å². The maximum atomic E-state index is 11.9. The summed E-state index contributed by atoms with van der Waals surface area (Å²) in [5.74, 6) is -1.71. The van der Waals surface area contributed by atoms with Crippen molar-refractivity contribution in [3.8, 4) is 6.07 Å². The number of carbonyl (C=O) groups excluding carboxylic acids is 2. The van der Waals surface area contributed by atoms with E-state index in [4.69, 9.17) is 10.00 Å². The third-order valence-corrected chi connectivity index (χ3v) is 5.13. The summed E-state index contributed by atoms with van der Waals surface area (Å²) in [7, 11) is -3.84. The Balaban J connectivity index is 2.48. The minimum absolute atomic E-state index is 0.149. The Kier molecular flexibility index (Phi) is 8.35. The number of hydrogen-bond acceptors (Lipinski definition) is 6. The molecule has 1 amide bonds. The maximum absolute atomic E-state index is 11.9. The molecule has 0 bridgehead atoms. The lowest BCUT2D eigenvalue weighted by Crippen LogP contribution is -2.50. The van der Waals surface area contributed by atoms with Crippen LogP contribution in [0.5, 0.6) is 0 Å². The smallest absolute Gasteiger partial charge is 0.321 e. The van der Waals surface area contributed by atoms with Crippen molar-refractivity contribution >= 4 is 28.0 Å². The van der Waals surface area contributed by atoms with Crippen molar-refractivity contribution in [1.82, 2.24) is 10.0 Å². The Bertz CT molecular complexity index is 870. The summed E-state index contributed by atoms with van der Waals surface area (Å²) in [4.78, 5) is 23.5. The summed E-state index contributed by atoms with van der Waals surface area (Å²) in [5, 5.41) is 12.6. The highest BCUT2D eigenvalue weighted by molar-refractivity contribution is 7.92. The van der Waals surface area contributed by atoms with Crippen LogP contribution in [0.3, 0.4) is 0 Å². The molecule has 8 nitrogen and oxygen atoms in total. The predicted octanol–water partition coefficient (Wildman–Crippen LogP) is 1.48. The van der Waals surface area contributed by atoms with E-state index in [-0.39, 0.29) is 5.92 Å². The molecule has 0 spiro atoms. The van der Waals surface area contributed by atoms with E-state index < -0.39 is 40.6 Å². The summed E-state index contributed by atoms with van der Waals surface area (Å²) < 4.78 is 30.6. The molecular formula is C19H25N3O5S. The molecule has 2 N–H and O–H groups in total. The van der Waals surface area contributed by atoms with E-state index in [0.717, 1.165) is 11.0 Å². The molecule has 152 valence electrons. The van der Waals surface area contributed by atoms with E-state index in [1.807, 2.05) is 25.1 Å². The van der Waals surface area contributed by atoms with Crippen LogP contribution in [-0.2, 0) is 24.3 Å². The Hall–Kier alpha value is -2.70. The summed E-state index contributed by atoms with van der Waals surface area (Å²) >= 11 is 0. The molecule has 0 saturated carbocycles. The van der Waals surface area contributed by atoms with Crippen molar-refractivity contribution in [3.05, 3.63) is 40.8 Å². The molecular weight excluding hydrogens is 382 g/mol. The fourth-order valence-electron chi connectivity index (χ4n) is 1.88. The van der Waals surface area contributed by atoms with Crippen LogP contribution in [-0.4, -0.2) is 39.0 Å². The third-order valence-electron chi connectivity index (χ3n) is 4.08. The second-order valence-corrected chi connectivity index (χ2v) is 8.41. The first kappa shape index (κ1) is 23.3. The van der Waals surface area contributed by atoms with E-state index in [1.165, 1.54) is 6.08 Å². The Morgan fingerprint density at radius 3 is 2.43 bits per heavy atom. The Morgan fingerprint density at radius 2 is 1.89 bits per heavy atom. The lowest BCUT2D eigenvalue weighted by atomic mass is 9.90. The third kappa shape index (κ3) is 7.90. The van der Waals surface area contributed by atoms with Crippen LogP contribution < -0.4 is 10.0 Å². The minimum Gasteiger partial charge on any atom is -0.455 e. The van der Waals surface area contributed by atoms with Gasteiger partial charge in [-0.05, 0) is 31.4 Å². The summed E-state index contributed by atoms with van der Waals surface area (Å²) in [6, 6.07) is 9.22. The summed E-state index contributed by atoms with van der Waals surface area (Å²) in [6.07, 6.45) is 1.40. The molecule has 0 radical (unpaired) electrons. The van der Waals surface area contributed by atoms with Gasteiger partial charge in [0.1, 0.15) is 12.1 Å². The average molecular weight is 407 g/mol. The molecule has 0 unspecified atom stereocenters. The van der Waals surface area contributed by atoms with Crippen molar-refractivity contribution in [1.29, 1.82) is 5.26 Å². The zero-order valence-electron chi connectivity index (χ0n) is 16.4. The molecule has 1 rings (SSSR count). The standard InChI is InChI=1S/C19H25N3O5S/c1-14(2)19(4,13-20)22-17(23)12-27-18(24)11-21-28(25,26)10-9-16-7-5-15(3)6-8-16/h5-10,14,21H,11-12H2,1-4H3,(H,22,23)/b10-9+/t19-/m0/s1. The number of esters is 1. The monoisotopic (exact) mass is 407 g/mol. The van der Waals surface area contributed by atoms with Crippen LogP contribution in [0, 0.1) is 24.2 Å². The molecule has 0 aliphatic heterocycles. The lowest BCUT2D eigenvalue weighted by molar-refractivity contribution is -0.147. The number of aryl methyl sites for hydroxylation is 1. The van der Waals surface area contributed by atoms with Crippen LogP contribution >= 0.6 is 0 Å². The van der Waals surface area contributed by atoms with Gasteiger partial charge >= 0.3 is 5.97 Å². The molecule has 0 saturated heterocycles. The number of benzene rings is 1. The second kappa shape index (κ2) is 10.0. The van der Waals surface area contributed by atoms with Crippen molar-refractivity contribution in [2.45, 2.75) is 33.2 Å². The van der Waals surface area contributed by atoms with Crippen molar-refractivity contribution in [2.24, 2.45) is 5.92 Å². The number of nitrogens with zero attached hydrogens (tertiary/aromatic N) is 1. The maximum Gasteiger partial charge on any atom is 0.321 e. The van der Waals surface area contributed by atoms with Gasteiger partial charge in [-0.3, -0.25) is 9.59 Å². The second-order valence-electron chi connectivity index (χ2n) is 6.76. The van der Waals surface area contributed by atoms with Gasteiger partial charge in [0.2, 0.25) is 10.0 Å². The molecule has 0 aliphatic rings. The fraction of sp³-hybridized carbons (Fsp3) is 0.421. The molecule has 1 aromatic rings. The van der Waals surface area contributed by atoms with E-state index in [1.54, 1.807) is 32.9 Å². The van der Waals surface area contributed by atoms with Gasteiger partial charge in [-0.2, -0.15) is 5.26 Å². The number of hydrogen-bond donors (Lipinski definition) is 2. The fourth-order valence-corrected chi connectivity index (χ4v) is 2.63. The van der Waals surface area contributed by atoms with Crippen LogP contribution in [0.2, 0.25) is 0 Å². The Morgan fingerprint density at radius 1 is 1.29 bits per heavy atom. The summed E-state index contributed by atoms with van der Waals surface area (Å²) in [5.41, 5.74) is 0.653. The first-order valence-electron chi connectivity index (χ1n) is 8.60. The van der Waals surface area contributed by atoms with Crippen LogP contribution in [0.15, 0.2) is 29.7 Å². The normalized spacial score (nSPS) is 13.7. The minimum atomic E-state index is -3.84. The number of ether oxygens (including phenoxy) is 1. The quantitative estimate of drug-likeness (QED) is 0.597. The van der Waals surface area contributed by atoms with Crippen LogP contribution in [0.1, 0.15) is 31.9 Å². The van der Waals surface area contributed by atoms with E-state index >= 15 is 0 Å². The molecule has 0 fully saturated rings. The zero-order chi connectivity index (χ0) is 21.4. The van der Waals surface area contributed by atoms with Gasteiger partial charge in [0, 0.05) is 5.41 Å². The highest BCUT2D eigenvalue weighted by Crippen LogP contribution is 2.14. The molecule has 1 aromatic carbocycles. The van der Waals surface area contributed by atoms with E-state index in [0.29, 0.717) is 5.56 Å². The molecule has 1 atom stereocenters. The number of nitrogens with one attached hydrogen (secondary N) is 2. The number of sulfonamides is 1. The molecule has 0 heterocycles. The zero-order valence-corrected chi connectivity index (χ0v) is 17.2. The first-order valence-corrected chi connectivity index (χ1v) is 10.1.